The van der Waals surface area contributed by atoms with E-state index in [1.165, 1.54) is 23.5 Å². The first-order valence-corrected chi connectivity index (χ1v) is 5.92. The molecule has 0 unspecified atom stereocenters. The van der Waals surface area contributed by atoms with Gasteiger partial charge in [0.1, 0.15) is 15.1 Å². The van der Waals surface area contributed by atoms with E-state index in [2.05, 4.69) is 9.97 Å². The van der Waals surface area contributed by atoms with E-state index in [0.29, 0.717) is 5.02 Å². The van der Waals surface area contributed by atoms with Gasteiger partial charge in [0, 0.05) is 0 Å². The Balaban J connectivity index is 3.22. The first-order chi connectivity index (χ1) is 5.69. The lowest BCUT2D eigenvalue weighted by Crippen LogP contribution is -1.98. The van der Waals surface area contributed by atoms with E-state index in [4.69, 9.17) is 17.3 Å². The minimum absolute atomic E-state index is 0.271. The number of hydrogen-bond acceptors (Lipinski definition) is 5. The molecule has 1 aromatic rings. The lowest BCUT2D eigenvalue weighted by Gasteiger charge is -2.04. The Morgan fingerprint density at radius 1 is 1.17 bits per heavy atom. The van der Waals surface area contributed by atoms with Crippen LogP contribution in [-0.4, -0.2) is 22.5 Å². The number of hydrogen-bond donors (Lipinski definition) is 1. The molecule has 0 aliphatic rings. The van der Waals surface area contributed by atoms with Crippen LogP contribution in [0.2, 0.25) is 5.02 Å². The van der Waals surface area contributed by atoms with Crippen molar-refractivity contribution in [2.75, 3.05) is 18.2 Å². The summed E-state index contributed by atoms with van der Waals surface area (Å²) in [5.74, 6) is 0.271. The van der Waals surface area contributed by atoms with Crippen molar-refractivity contribution in [3.8, 4) is 0 Å². The fourth-order valence-electron chi connectivity index (χ4n) is 0.693. The predicted molar refractivity (Wildman–Crippen MR) is 55.0 cm³/mol. The largest absolute Gasteiger partial charge is 0.368 e. The zero-order valence-corrected chi connectivity index (χ0v) is 9.06. The van der Waals surface area contributed by atoms with Crippen LogP contribution in [0, 0.1) is 0 Å². The Labute approximate surface area is 84.5 Å². The van der Waals surface area contributed by atoms with Crippen LogP contribution in [0.1, 0.15) is 0 Å². The van der Waals surface area contributed by atoms with E-state index in [1.54, 1.807) is 0 Å². The number of rotatable bonds is 2. The summed E-state index contributed by atoms with van der Waals surface area (Å²) < 4.78 is 0. The van der Waals surface area contributed by atoms with Gasteiger partial charge >= 0.3 is 0 Å². The van der Waals surface area contributed by atoms with Crippen molar-refractivity contribution in [2.24, 2.45) is 0 Å². The molecular weight excluding hydrogens is 214 g/mol. The second kappa shape index (κ2) is 4.20. The molecule has 12 heavy (non-hydrogen) atoms. The molecule has 0 saturated carbocycles. The Hall–Kier alpha value is -0.130. The minimum Gasteiger partial charge on any atom is -0.368 e. The molecule has 0 saturated heterocycles. The van der Waals surface area contributed by atoms with E-state index in [1.807, 2.05) is 12.5 Å². The quantitative estimate of drug-likeness (QED) is 0.613. The maximum Gasteiger partial charge on any atom is 0.222 e. The Bertz CT molecular complexity index is 267. The molecule has 0 aliphatic heterocycles. The highest BCUT2D eigenvalue weighted by molar-refractivity contribution is 7.99. The molecule has 1 rings (SSSR count). The standard InChI is InChI=1S/C6H8ClN3S2/c1-11-4-3(7)5(12-2)10-6(8)9-4/h1-2H3,(H2,8,9,10). The predicted octanol–water partition coefficient (Wildman–Crippen LogP) is 2.16. The average Bonchev–Trinajstić information content (AvgIpc) is 2.08. The van der Waals surface area contributed by atoms with Crippen LogP contribution >= 0.6 is 35.1 Å². The van der Waals surface area contributed by atoms with Gasteiger partial charge in [-0.1, -0.05) is 11.6 Å². The highest BCUT2D eigenvalue weighted by Gasteiger charge is 2.09. The first kappa shape index (κ1) is 9.95. The smallest absolute Gasteiger partial charge is 0.222 e. The van der Waals surface area contributed by atoms with E-state index >= 15 is 0 Å². The monoisotopic (exact) mass is 221 g/mol. The molecule has 0 fully saturated rings. The summed E-state index contributed by atoms with van der Waals surface area (Å²) in [6.45, 7) is 0. The van der Waals surface area contributed by atoms with E-state index in [9.17, 15) is 0 Å². The summed E-state index contributed by atoms with van der Waals surface area (Å²) in [7, 11) is 0. The van der Waals surface area contributed by atoms with Crippen LogP contribution in [-0.2, 0) is 0 Å². The van der Waals surface area contributed by atoms with Gasteiger partial charge in [0.15, 0.2) is 0 Å². The van der Waals surface area contributed by atoms with Gasteiger partial charge in [0.25, 0.3) is 0 Å². The number of nitrogens with two attached hydrogens (primary N) is 1. The minimum atomic E-state index is 0.271. The molecule has 0 spiro atoms. The maximum atomic E-state index is 5.96. The normalized spacial score (nSPS) is 10.2. The second-order valence-corrected chi connectivity index (χ2v) is 3.88. The highest BCUT2D eigenvalue weighted by atomic mass is 35.5. The van der Waals surface area contributed by atoms with Gasteiger partial charge in [-0.25, -0.2) is 9.97 Å². The second-order valence-electron chi connectivity index (χ2n) is 1.91. The molecule has 0 atom stereocenters. The number of halogens is 1. The molecule has 6 heteroatoms. The van der Waals surface area contributed by atoms with E-state index in [-0.39, 0.29) is 5.95 Å². The van der Waals surface area contributed by atoms with Gasteiger partial charge in [0.05, 0.1) is 0 Å². The van der Waals surface area contributed by atoms with E-state index < -0.39 is 0 Å². The molecule has 0 aromatic carbocycles. The molecule has 1 heterocycles. The summed E-state index contributed by atoms with van der Waals surface area (Å²) >= 11 is 8.88. The molecule has 0 bridgehead atoms. The van der Waals surface area contributed by atoms with Gasteiger partial charge in [-0.05, 0) is 12.5 Å². The zero-order valence-electron chi connectivity index (χ0n) is 6.67. The summed E-state index contributed by atoms with van der Waals surface area (Å²) in [6.07, 6.45) is 3.80. The molecule has 0 radical (unpaired) electrons. The van der Waals surface area contributed by atoms with Crippen molar-refractivity contribution in [2.45, 2.75) is 10.1 Å². The molecule has 1 aromatic heterocycles. The highest BCUT2D eigenvalue weighted by Crippen LogP contribution is 2.31. The number of anilines is 1. The van der Waals surface area contributed by atoms with Crippen molar-refractivity contribution in [3.05, 3.63) is 5.02 Å². The van der Waals surface area contributed by atoms with E-state index in [0.717, 1.165) is 10.1 Å². The average molecular weight is 222 g/mol. The SMILES string of the molecule is CSc1nc(N)nc(SC)c1Cl. The van der Waals surface area contributed by atoms with Gasteiger partial charge in [-0.2, -0.15) is 0 Å². The lowest BCUT2D eigenvalue weighted by atomic mass is 10.6. The summed E-state index contributed by atoms with van der Waals surface area (Å²) in [4.78, 5) is 7.97. The molecule has 0 aliphatic carbocycles. The van der Waals surface area contributed by atoms with Crippen molar-refractivity contribution >= 4 is 41.1 Å². The fraction of sp³-hybridized carbons (Fsp3) is 0.333. The van der Waals surface area contributed by atoms with Crippen molar-refractivity contribution in [3.63, 3.8) is 0 Å². The fourth-order valence-corrected chi connectivity index (χ4v) is 2.23. The van der Waals surface area contributed by atoms with Crippen molar-refractivity contribution in [1.29, 1.82) is 0 Å². The summed E-state index contributed by atoms with van der Waals surface area (Å²) in [5, 5.41) is 2.05. The maximum absolute atomic E-state index is 5.96. The van der Waals surface area contributed by atoms with Crippen LogP contribution in [0.3, 0.4) is 0 Å². The molecule has 2 N–H and O–H groups in total. The van der Waals surface area contributed by atoms with Crippen LogP contribution in [0.25, 0.3) is 0 Å². The Morgan fingerprint density at radius 3 is 1.92 bits per heavy atom. The summed E-state index contributed by atoms with van der Waals surface area (Å²) in [5.41, 5.74) is 5.47. The third-order valence-electron chi connectivity index (χ3n) is 1.19. The molecule has 0 amide bonds. The van der Waals surface area contributed by atoms with Gasteiger partial charge in [0.2, 0.25) is 5.95 Å². The third kappa shape index (κ3) is 1.97. The zero-order chi connectivity index (χ0) is 9.14. The van der Waals surface area contributed by atoms with Crippen LogP contribution in [0.15, 0.2) is 10.1 Å². The number of aromatic nitrogens is 2. The van der Waals surface area contributed by atoms with Crippen LogP contribution in [0.5, 0.6) is 0 Å². The van der Waals surface area contributed by atoms with Gasteiger partial charge in [-0.3, -0.25) is 0 Å². The number of nitrogens with zero attached hydrogens (tertiary/aromatic N) is 2. The molecular formula is C6H8ClN3S2. The Morgan fingerprint density at radius 2 is 1.58 bits per heavy atom. The third-order valence-corrected chi connectivity index (χ3v) is 3.14. The summed E-state index contributed by atoms with van der Waals surface area (Å²) in [6, 6.07) is 0. The topological polar surface area (TPSA) is 51.8 Å². The molecule has 66 valence electrons. The van der Waals surface area contributed by atoms with Gasteiger partial charge < -0.3 is 5.73 Å². The Kier molecular flexibility index (Phi) is 3.49. The van der Waals surface area contributed by atoms with Gasteiger partial charge in [-0.15, -0.1) is 23.5 Å². The molecule has 3 nitrogen and oxygen atoms in total. The first-order valence-electron chi connectivity index (χ1n) is 3.10. The van der Waals surface area contributed by atoms with Crippen LogP contribution in [0.4, 0.5) is 5.95 Å². The number of thioether (sulfide) groups is 2. The van der Waals surface area contributed by atoms with Crippen molar-refractivity contribution in [1.82, 2.24) is 9.97 Å². The van der Waals surface area contributed by atoms with Crippen molar-refractivity contribution < 1.29 is 0 Å². The lowest BCUT2D eigenvalue weighted by molar-refractivity contribution is 0.985. The number of nitrogen functional groups attached to an aromatic ring is 1. The van der Waals surface area contributed by atoms with Crippen LogP contribution < -0.4 is 5.73 Å².